The molecule has 1 atom stereocenters. The molecular weight excluding hydrogens is 196 g/mol. The molecular formula is C14H22N2. The molecule has 0 amide bonds. The highest BCUT2D eigenvalue weighted by Gasteiger charge is 2.21. The lowest BCUT2D eigenvalue weighted by Gasteiger charge is -2.34. The molecule has 1 unspecified atom stereocenters. The van der Waals surface area contributed by atoms with Crippen molar-refractivity contribution in [1.82, 2.24) is 4.90 Å². The predicted molar refractivity (Wildman–Crippen MR) is 69.9 cm³/mol. The molecule has 0 spiro atoms. The van der Waals surface area contributed by atoms with Gasteiger partial charge in [-0.1, -0.05) is 32.0 Å². The Morgan fingerprint density at radius 3 is 2.88 bits per heavy atom. The highest BCUT2D eigenvalue weighted by atomic mass is 15.2. The second kappa shape index (κ2) is 4.88. The minimum atomic E-state index is 0.636. The molecule has 0 saturated heterocycles. The standard InChI is InChI=1S/C14H22N2/c1-11(2)10-16(3)13-8-12-6-4-5-7-14(12)15-9-13/h4-7,11,13,15H,8-10H2,1-3H3. The zero-order chi connectivity index (χ0) is 11.5. The summed E-state index contributed by atoms with van der Waals surface area (Å²) in [5.41, 5.74) is 2.77. The van der Waals surface area contributed by atoms with Gasteiger partial charge in [0.25, 0.3) is 0 Å². The molecule has 1 aliphatic rings. The third kappa shape index (κ3) is 2.56. The van der Waals surface area contributed by atoms with Crippen LogP contribution in [0.15, 0.2) is 24.3 Å². The number of rotatable bonds is 3. The lowest BCUT2D eigenvalue weighted by molar-refractivity contribution is 0.221. The van der Waals surface area contributed by atoms with Crippen LogP contribution in [-0.2, 0) is 6.42 Å². The molecule has 1 aromatic rings. The number of hydrogen-bond donors (Lipinski definition) is 1. The predicted octanol–water partition coefficient (Wildman–Crippen LogP) is 2.61. The van der Waals surface area contributed by atoms with E-state index in [1.807, 2.05) is 0 Å². The zero-order valence-corrected chi connectivity index (χ0v) is 10.5. The SMILES string of the molecule is CC(C)CN(C)C1CNc2ccccc2C1. The Balaban J connectivity index is 2.02. The van der Waals surface area contributed by atoms with Crippen LogP contribution in [0.5, 0.6) is 0 Å². The quantitative estimate of drug-likeness (QED) is 0.839. The first kappa shape index (κ1) is 11.5. The maximum Gasteiger partial charge on any atom is 0.0373 e. The van der Waals surface area contributed by atoms with Crippen molar-refractivity contribution in [1.29, 1.82) is 0 Å². The molecule has 1 N–H and O–H groups in total. The van der Waals surface area contributed by atoms with Crippen molar-refractivity contribution in [2.75, 3.05) is 25.5 Å². The Morgan fingerprint density at radius 2 is 2.12 bits per heavy atom. The Labute approximate surface area is 98.7 Å². The van der Waals surface area contributed by atoms with Crippen LogP contribution in [-0.4, -0.2) is 31.1 Å². The number of nitrogens with zero attached hydrogens (tertiary/aromatic N) is 1. The maximum absolute atomic E-state index is 3.53. The Hall–Kier alpha value is -1.02. The lowest BCUT2D eigenvalue weighted by atomic mass is 9.98. The molecule has 0 radical (unpaired) electrons. The van der Waals surface area contributed by atoms with Gasteiger partial charge in [0.1, 0.15) is 0 Å². The first-order chi connectivity index (χ1) is 7.66. The molecule has 1 heterocycles. The van der Waals surface area contributed by atoms with Gasteiger partial charge in [-0.15, -0.1) is 0 Å². The molecule has 2 rings (SSSR count). The second-order valence-electron chi connectivity index (χ2n) is 5.23. The Morgan fingerprint density at radius 1 is 1.38 bits per heavy atom. The minimum absolute atomic E-state index is 0.636. The van der Waals surface area contributed by atoms with Gasteiger partial charge in [0, 0.05) is 24.8 Å². The second-order valence-corrected chi connectivity index (χ2v) is 5.23. The summed E-state index contributed by atoms with van der Waals surface area (Å²) in [7, 11) is 2.24. The molecule has 2 nitrogen and oxygen atoms in total. The molecule has 2 heteroatoms. The normalized spacial score (nSPS) is 19.7. The summed E-state index contributed by atoms with van der Waals surface area (Å²) >= 11 is 0. The van der Waals surface area contributed by atoms with E-state index < -0.39 is 0 Å². The number of nitrogens with one attached hydrogen (secondary N) is 1. The zero-order valence-electron chi connectivity index (χ0n) is 10.5. The third-order valence-corrected chi connectivity index (χ3v) is 3.28. The van der Waals surface area contributed by atoms with Crippen molar-refractivity contribution in [2.45, 2.75) is 26.3 Å². The number of hydrogen-bond acceptors (Lipinski definition) is 2. The lowest BCUT2D eigenvalue weighted by Crippen LogP contribution is -2.43. The summed E-state index contributed by atoms with van der Waals surface area (Å²) in [4.78, 5) is 2.48. The monoisotopic (exact) mass is 218 g/mol. The van der Waals surface area contributed by atoms with Gasteiger partial charge >= 0.3 is 0 Å². The number of para-hydroxylation sites is 1. The number of fused-ring (bicyclic) bond motifs is 1. The van der Waals surface area contributed by atoms with E-state index in [2.05, 4.69) is 55.4 Å². The summed E-state index contributed by atoms with van der Waals surface area (Å²) in [5.74, 6) is 0.738. The van der Waals surface area contributed by atoms with E-state index in [-0.39, 0.29) is 0 Å². The first-order valence-electron chi connectivity index (χ1n) is 6.19. The van der Waals surface area contributed by atoms with E-state index in [1.54, 1.807) is 0 Å². The van der Waals surface area contributed by atoms with Gasteiger partial charge in [0.2, 0.25) is 0 Å². The Kier molecular flexibility index (Phi) is 3.49. The van der Waals surface area contributed by atoms with Crippen molar-refractivity contribution in [3.63, 3.8) is 0 Å². The van der Waals surface area contributed by atoms with E-state index in [9.17, 15) is 0 Å². The van der Waals surface area contributed by atoms with Crippen LogP contribution < -0.4 is 5.32 Å². The molecule has 0 fully saturated rings. The summed E-state index contributed by atoms with van der Waals surface area (Å²) < 4.78 is 0. The van der Waals surface area contributed by atoms with Crippen LogP contribution in [0.3, 0.4) is 0 Å². The van der Waals surface area contributed by atoms with E-state index >= 15 is 0 Å². The van der Waals surface area contributed by atoms with Crippen molar-refractivity contribution in [2.24, 2.45) is 5.92 Å². The molecule has 0 aliphatic carbocycles. The smallest absolute Gasteiger partial charge is 0.0373 e. The van der Waals surface area contributed by atoms with Gasteiger partial charge < -0.3 is 10.2 Å². The fraction of sp³-hybridized carbons (Fsp3) is 0.571. The van der Waals surface area contributed by atoms with Crippen molar-refractivity contribution in [3.05, 3.63) is 29.8 Å². The van der Waals surface area contributed by atoms with Gasteiger partial charge in [0.15, 0.2) is 0 Å². The van der Waals surface area contributed by atoms with Gasteiger partial charge in [-0.05, 0) is 31.0 Å². The third-order valence-electron chi connectivity index (χ3n) is 3.28. The van der Waals surface area contributed by atoms with E-state index in [1.165, 1.54) is 24.2 Å². The fourth-order valence-corrected chi connectivity index (χ4v) is 2.46. The average molecular weight is 218 g/mol. The molecule has 0 bridgehead atoms. The molecule has 1 aromatic carbocycles. The van der Waals surface area contributed by atoms with Crippen molar-refractivity contribution in [3.8, 4) is 0 Å². The van der Waals surface area contributed by atoms with Crippen LogP contribution >= 0.6 is 0 Å². The maximum atomic E-state index is 3.53. The summed E-state index contributed by atoms with van der Waals surface area (Å²) in [6.07, 6.45) is 1.17. The van der Waals surface area contributed by atoms with E-state index in [0.717, 1.165) is 12.5 Å². The van der Waals surface area contributed by atoms with Gasteiger partial charge in [-0.2, -0.15) is 0 Å². The molecule has 88 valence electrons. The summed E-state index contributed by atoms with van der Waals surface area (Å²) in [6.45, 7) is 6.80. The minimum Gasteiger partial charge on any atom is -0.383 e. The molecule has 16 heavy (non-hydrogen) atoms. The van der Waals surface area contributed by atoms with Crippen LogP contribution in [0.25, 0.3) is 0 Å². The molecule has 0 saturated carbocycles. The van der Waals surface area contributed by atoms with E-state index in [4.69, 9.17) is 0 Å². The van der Waals surface area contributed by atoms with Crippen LogP contribution in [0.2, 0.25) is 0 Å². The number of anilines is 1. The van der Waals surface area contributed by atoms with E-state index in [0.29, 0.717) is 6.04 Å². The highest BCUT2D eigenvalue weighted by Crippen LogP contribution is 2.23. The summed E-state index contributed by atoms with van der Waals surface area (Å²) in [6, 6.07) is 9.28. The summed E-state index contributed by atoms with van der Waals surface area (Å²) in [5, 5.41) is 3.53. The topological polar surface area (TPSA) is 15.3 Å². The molecule has 1 aliphatic heterocycles. The largest absolute Gasteiger partial charge is 0.383 e. The van der Waals surface area contributed by atoms with Gasteiger partial charge in [0.05, 0.1) is 0 Å². The first-order valence-corrected chi connectivity index (χ1v) is 6.19. The van der Waals surface area contributed by atoms with Crippen LogP contribution in [0.1, 0.15) is 19.4 Å². The number of benzene rings is 1. The van der Waals surface area contributed by atoms with Crippen molar-refractivity contribution >= 4 is 5.69 Å². The number of likely N-dealkylation sites (N-methyl/N-ethyl adjacent to an activating group) is 1. The van der Waals surface area contributed by atoms with Crippen LogP contribution in [0.4, 0.5) is 5.69 Å². The highest BCUT2D eigenvalue weighted by molar-refractivity contribution is 5.53. The molecule has 0 aromatic heterocycles. The average Bonchev–Trinajstić information content (AvgIpc) is 2.27. The van der Waals surface area contributed by atoms with Gasteiger partial charge in [-0.3, -0.25) is 0 Å². The van der Waals surface area contributed by atoms with Crippen LogP contribution in [0, 0.1) is 5.92 Å². The van der Waals surface area contributed by atoms with Gasteiger partial charge in [-0.25, -0.2) is 0 Å². The fourth-order valence-electron chi connectivity index (χ4n) is 2.46. The Bertz CT molecular complexity index is 346. The van der Waals surface area contributed by atoms with Crippen molar-refractivity contribution < 1.29 is 0 Å².